The number of hydrogen-bond donors (Lipinski definition) is 1. The van der Waals surface area contributed by atoms with Crippen LogP contribution in [0.1, 0.15) is 6.92 Å². The van der Waals surface area contributed by atoms with Gasteiger partial charge >= 0.3 is 37.7 Å². The fraction of sp³-hybridized carbons (Fsp3) is 1.00. The van der Waals surface area contributed by atoms with Crippen molar-refractivity contribution in [1.29, 1.82) is 0 Å². The van der Waals surface area contributed by atoms with Crippen LogP contribution in [0.25, 0.3) is 0 Å². The van der Waals surface area contributed by atoms with Crippen LogP contribution in [-0.2, 0) is 0 Å². The minimum atomic E-state index is 0. The van der Waals surface area contributed by atoms with E-state index in [-0.39, 0.29) is 44.3 Å². The van der Waals surface area contributed by atoms with Gasteiger partial charge in [0, 0.05) is 6.61 Å². The molecule has 0 saturated heterocycles. The van der Waals surface area contributed by atoms with Crippen LogP contribution in [-0.4, -0.2) is 49.4 Å². The van der Waals surface area contributed by atoms with Crippen LogP contribution in [0.4, 0.5) is 0 Å². The molecule has 0 aromatic carbocycles. The van der Waals surface area contributed by atoms with Gasteiger partial charge in [-0.25, -0.2) is 0 Å². The summed E-state index contributed by atoms with van der Waals surface area (Å²) in [5.41, 5.74) is 0. The Kier molecular flexibility index (Phi) is 63.0. The second-order valence-electron chi connectivity index (χ2n) is 0.316. The second-order valence-corrected chi connectivity index (χ2v) is 0.316. The normalized spacial score (nSPS) is 3.60. The van der Waals surface area contributed by atoms with Gasteiger partial charge in [-0.05, 0) is 6.92 Å². The summed E-state index contributed by atoms with van der Waals surface area (Å²) in [5, 5.41) is 7.57. The van der Waals surface area contributed by atoms with E-state index in [0.717, 1.165) is 0 Å². The quantitative estimate of drug-likeness (QED) is 0.346. The standard InChI is InChI=1S/C2H6O.2Li.2H/c1-2-3;;;;/h3H,2H2,1H3;;;;. The molecule has 0 heterocycles. The van der Waals surface area contributed by atoms with Gasteiger partial charge in [0.25, 0.3) is 0 Å². The van der Waals surface area contributed by atoms with Gasteiger partial charge < -0.3 is 5.11 Å². The van der Waals surface area contributed by atoms with Crippen molar-refractivity contribution in [1.82, 2.24) is 0 Å². The van der Waals surface area contributed by atoms with Gasteiger partial charge in [0.2, 0.25) is 0 Å². The molecule has 0 bridgehead atoms. The summed E-state index contributed by atoms with van der Waals surface area (Å²) in [4.78, 5) is 0. The van der Waals surface area contributed by atoms with Crippen LogP contribution in [0.2, 0.25) is 0 Å². The Labute approximate surface area is 56.5 Å². The molecule has 0 aromatic heterocycles. The van der Waals surface area contributed by atoms with Crippen molar-refractivity contribution < 1.29 is 5.11 Å². The fourth-order valence-electron chi connectivity index (χ4n) is 0. The molecule has 3 heteroatoms. The Morgan fingerprint density at radius 2 is 1.40 bits per heavy atom. The predicted octanol–water partition coefficient (Wildman–Crippen LogP) is -1.30. The SMILES string of the molecule is CCO.[LiH].[LiH]. The Hall–Kier alpha value is 1.15. The molecule has 0 spiro atoms. The molecule has 0 saturated carbocycles. The molecule has 1 nitrogen and oxygen atoms in total. The third-order valence-electron chi connectivity index (χ3n) is 0. The maximum atomic E-state index is 7.57. The zero-order valence-corrected chi connectivity index (χ0v) is 2.15. The predicted molar refractivity (Wildman–Crippen MR) is 27.1 cm³/mol. The summed E-state index contributed by atoms with van der Waals surface area (Å²) in [6.07, 6.45) is 0. The van der Waals surface area contributed by atoms with Crippen LogP contribution in [0.15, 0.2) is 0 Å². The number of hydrogen-bond acceptors (Lipinski definition) is 1. The van der Waals surface area contributed by atoms with Gasteiger partial charge in [-0.1, -0.05) is 0 Å². The van der Waals surface area contributed by atoms with E-state index in [1.54, 1.807) is 6.92 Å². The van der Waals surface area contributed by atoms with Crippen molar-refractivity contribution >= 4 is 37.7 Å². The van der Waals surface area contributed by atoms with Crippen LogP contribution in [0.3, 0.4) is 0 Å². The minimum absolute atomic E-state index is 0. The summed E-state index contributed by atoms with van der Waals surface area (Å²) in [6, 6.07) is 0. The van der Waals surface area contributed by atoms with Gasteiger partial charge in [-0.3, -0.25) is 0 Å². The maximum absolute atomic E-state index is 7.57. The van der Waals surface area contributed by atoms with Crippen molar-refractivity contribution in [3.8, 4) is 0 Å². The third kappa shape index (κ3) is 38.5. The van der Waals surface area contributed by atoms with Gasteiger partial charge in [0.1, 0.15) is 0 Å². The number of aliphatic hydroxyl groups excluding tert-OH is 1. The van der Waals surface area contributed by atoms with Gasteiger partial charge in [0.05, 0.1) is 0 Å². The van der Waals surface area contributed by atoms with Crippen LogP contribution in [0, 0.1) is 0 Å². The first-order valence-corrected chi connectivity index (χ1v) is 1.02. The summed E-state index contributed by atoms with van der Waals surface area (Å²) in [7, 11) is 0. The van der Waals surface area contributed by atoms with E-state index in [0.29, 0.717) is 0 Å². The molecule has 0 aliphatic rings. The fourth-order valence-corrected chi connectivity index (χ4v) is 0. The molecule has 24 valence electrons. The molecule has 0 radical (unpaired) electrons. The van der Waals surface area contributed by atoms with Crippen LogP contribution < -0.4 is 0 Å². The van der Waals surface area contributed by atoms with E-state index in [2.05, 4.69) is 0 Å². The molecular formula is C2H8Li2O. The molecule has 0 fully saturated rings. The van der Waals surface area contributed by atoms with Crippen LogP contribution in [0.5, 0.6) is 0 Å². The van der Waals surface area contributed by atoms with E-state index in [4.69, 9.17) is 5.11 Å². The summed E-state index contributed by atoms with van der Waals surface area (Å²) >= 11 is 0. The number of rotatable bonds is 0. The monoisotopic (exact) mass is 62.1 g/mol. The Morgan fingerprint density at radius 1 is 1.40 bits per heavy atom. The molecule has 0 aromatic rings. The Morgan fingerprint density at radius 3 is 1.40 bits per heavy atom. The summed E-state index contributed by atoms with van der Waals surface area (Å²) < 4.78 is 0. The second kappa shape index (κ2) is 19.2. The van der Waals surface area contributed by atoms with Crippen molar-refractivity contribution in [2.75, 3.05) is 6.61 Å². The van der Waals surface area contributed by atoms with Crippen molar-refractivity contribution in [3.05, 3.63) is 0 Å². The van der Waals surface area contributed by atoms with E-state index >= 15 is 0 Å². The molecule has 1 N–H and O–H groups in total. The van der Waals surface area contributed by atoms with Crippen molar-refractivity contribution in [3.63, 3.8) is 0 Å². The average molecular weight is 62.0 g/mol. The summed E-state index contributed by atoms with van der Waals surface area (Å²) in [6.45, 7) is 1.93. The average Bonchev–Trinajstić information content (AvgIpc) is 0.918. The Balaban J connectivity index is -0.0000000200. The molecule has 0 unspecified atom stereocenters. The molecule has 0 aliphatic carbocycles. The molecule has 0 rings (SSSR count). The molecule has 0 atom stereocenters. The first kappa shape index (κ1) is 16.4. The van der Waals surface area contributed by atoms with Crippen molar-refractivity contribution in [2.45, 2.75) is 6.92 Å². The molecule has 0 aliphatic heterocycles. The van der Waals surface area contributed by atoms with Crippen molar-refractivity contribution in [2.24, 2.45) is 0 Å². The van der Waals surface area contributed by atoms with E-state index < -0.39 is 0 Å². The topological polar surface area (TPSA) is 20.2 Å². The summed E-state index contributed by atoms with van der Waals surface area (Å²) in [5.74, 6) is 0. The van der Waals surface area contributed by atoms with E-state index in [1.807, 2.05) is 0 Å². The van der Waals surface area contributed by atoms with Crippen LogP contribution >= 0.6 is 0 Å². The Bertz CT molecular complexity index is 7.61. The molecule has 5 heavy (non-hydrogen) atoms. The van der Waals surface area contributed by atoms with E-state index in [9.17, 15) is 0 Å². The molecule has 0 amide bonds. The van der Waals surface area contributed by atoms with E-state index in [1.165, 1.54) is 0 Å². The van der Waals surface area contributed by atoms with Gasteiger partial charge in [-0.2, -0.15) is 0 Å². The zero-order chi connectivity index (χ0) is 2.71. The first-order valence-electron chi connectivity index (χ1n) is 1.02. The van der Waals surface area contributed by atoms with Gasteiger partial charge in [0.15, 0.2) is 0 Å². The molecular weight excluding hydrogens is 53.9 g/mol. The number of aliphatic hydroxyl groups is 1. The zero-order valence-electron chi connectivity index (χ0n) is 2.15. The first-order chi connectivity index (χ1) is 1.41. The third-order valence-corrected chi connectivity index (χ3v) is 0. The van der Waals surface area contributed by atoms with Gasteiger partial charge in [-0.15, -0.1) is 0 Å².